The highest BCUT2D eigenvalue weighted by Gasteiger charge is 2.09. The molecule has 0 aromatic heterocycles. The molecule has 0 radical (unpaired) electrons. The van der Waals surface area contributed by atoms with Crippen molar-refractivity contribution >= 4 is 28.3 Å². The molecule has 0 unspecified atom stereocenters. The van der Waals surface area contributed by atoms with E-state index in [0.717, 1.165) is 12.1 Å². The predicted octanol–water partition coefficient (Wildman–Crippen LogP) is 3.12. The zero-order chi connectivity index (χ0) is 8.43. The van der Waals surface area contributed by atoms with Crippen LogP contribution in [0.15, 0.2) is 12.1 Å². The summed E-state index contributed by atoms with van der Waals surface area (Å²) in [6.45, 7) is 6.51. The van der Waals surface area contributed by atoms with E-state index in [9.17, 15) is 8.78 Å². The summed E-state index contributed by atoms with van der Waals surface area (Å²) in [5.74, 6) is -1.41. The average molecular weight is 265 g/mol. The molecular formula is C7H2F2IN. The van der Waals surface area contributed by atoms with Gasteiger partial charge in [0, 0.05) is 0 Å². The smallest absolute Gasteiger partial charge is 0.223 e. The Balaban J connectivity index is 3.40. The Morgan fingerprint density at radius 3 is 2.55 bits per heavy atom. The van der Waals surface area contributed by atoms with Gasteiger partial charge < -0.3 is 0 Å². The lowest BCUT2D eigenvalue weighted by atomic mass is 10.3. The molecule has 0 fully saturated rings. The molecule has 0 heterocycles. The van der Waals surface area contributed by atoms with E-state index in [1.165, 1.54) is 22.6 Å². The van der Waals surface area contributed by atoms with Gasteiger partial charge in [0.1, 0.15) is 11.6 Å². The van der Waals surface area contributed by atoms with Crippen LogP contribution in [0, 0.1) is 21.8 Å². The topological polar surface area (TPSA) is 4.36 Å². The molecule has 0 saturated carbocycles. The van der Waals surface area contributed by atoms with E-state index in [1.54, 1.807) is 0 Å². The lowest BCUT2D eigenvalue weighted by Crippen LogP contribution is -1.86. The summed E-state index contributed by atoms with van der Waals surface area (Å²) in [5.41, 5.74) is -0.143. The number of hydrogen-bond acceptors (Lipinski definition) is 0. The van der Waals surface area contributed by atoms with Crippen LogP contribution in [0.1, 0.15) is 0 Å². The van der Waals surface area contributed by atoms with Crippen molar-refractivity contribution in [3.8, 4) is 0 Å². The monoisotopic (exact) mass is 265 g/mol. The summed E-state index contributed by atoms with van der Waals surface area (Å²) in [6, 6.07) is 2.21. The molecule has 0 aliphatic carbocycles. The van der Waals surface area contributed by atoms with Crippen LogP contribution in [-0.2, 0) is 0 Å². The minimum atomic E-state index is -0.777. The summed E-state index contributed by atoms with van der Waals surface area (Å²) in [5, 5.41) is 0. The number of benzene rings is 1. The third-order valence-corrected chi connectivity index (χ3v) is 2.12. The minimum absolute atomic E-state index is 0.129. The lowest BCUT2D eigenvalue weighted by Gasteiger charge is -1.96. The van der Waals surface area contributed by atoms with E-state index in [-0.39, 0.29) is 9.26 Å². The molecule has 56 valence electrons. The normalized spacial score (nSPS) is 9.27. The minimum Gasteiger partial charge on any atom is -0.235 e. The molecular weight excluding hydrogens is 263 g/mol. The van der Waals surface area contributed by atoms with Gasteiger partial charge in [-0.3, -0.25) is 0 Å². The van der Waals surface area contributed by atoms with Crippen LogP contribution in [0.5, 0.6) is 0 Å². The van der Waals surface area contributed by atoms with Crippen LogP contribution in [-0.4, -0.2) is 0 Å². The number of nitrogens with zero attached hydrogens (tertiary/aromatic N) is 1. The molecule has 0 atom stereocenters. The molecule has 0 aliphatic rings. The number of rotatable bonds is 0. The highest BCUT2D eigenvalue weighted by Crippen LogP contribution is 2.24. The van der Waals surface area contributed by atoms with Gasteiger partial charge in [-0.15, -0.1) is 0 Å². The molecule has 0 N–H and O–H groups in total. The van der Waals surface area contributed by atoms with Crippen LogP contribution >= 0.6 is 22.6 Å². The third-order valence-electron chi connectivity index (χ3n) is 1.14. The van der Waals surface area contributed by atoms with E-state index in [4.69, 9.17) is 6.57 Å². The highest BCUT2D eigenvalue weighted by atomic mass is 127. The van der Waals surface area contributed by atoms with Crippen molar-refractivity contribution < 1.29 is 8.78 Å². The van der Waals surface area contributed by atoms with E-state index in [1.807, 2.05) is 0 Å². The van der Waals surface area contributed by atoms with Gasteiger partial charge in [-0.2, -0.15) is 0 Å². The van der Waals surface area contributed by atoms with Crippen molar-refractivity contribution in [2.24, 2.45) is 0 Å². The van der Waals surface area contributed by atoms with Gasteiger partial charge in [0.2, 0.25) is 5.69 Å². The molecule has 0 spiro atoms. The molecule has 1 nitrogen and oxygen atoms in total. The van der Waals surface area contributed by atoms with Crippen LogP contribution in [0.4, 0.5) is 14.5 Å². The van der Waals surface area contributed by atoms with Crippen molar-refractivity contribution in [3.05, 3.63) is 38.8 Å². The Labute approximate surface area is 76.0 Å². The standard InChI is InChI=1S/C7H2F2IN/c1-11-5-3-2-4(8)7(10)6(5)9/h2-3H. The fourth-order valence-electron chi connectivity index (χ4n) is 0.602. The van der Waals surface area contributed by atoms with Gasteiger partial charge in [0.25, 0.3) is 0 Å². The zero-order valence-corrected chi connectivity index (χ0v) is 7.39. The second kappa shape index (κ2) is 3.13. The van der Waals surface area contributed by atoms with E-state index in [0.29, 0.717) is 0 Å². The molecule has 0 aliphatic heterocycles. The Morgan fingerprint density at radius 2 is 2.00 bits per heavy atom. The largest absolute Gasteiger partial charge is 0.235 e. The fraction of sp³-hybridized carbons (Fsp3) is 0. The molecule has 11 heavy (non-hydrogen) atoms. The maximum atomic E-state index is 12.8. The van der Waals surface area contributed by atoms with Gasteiger partial charge >= 0.3 is 0 Å². The van der Waals surface area contributed by atoms with Crippen LogP contribution in [0.3, 0.4) is 0 Å². The van der Waals surface area contributed by atoms with Crippen LogP contribution in [0.2, 0.25) is 0 Å². The first kappa shape index (κ1) is 8.40. The van der Waals surface area contributed by atoms with Gasteiger partial charge in [-0.1, -0.05) is 6.07 Å². The predicted molar refractivity (Wildman–Crippen MR) is 45.3 cm³/mol. The molecule has 1 aromatic carbocycles. The first-order valence-corrected chi connectivity index (χ1v) is 3.75. The van der Waals surface area contributed by atoms with Crippen LogP contribution in [0.25, 0.3) is 4.85 Å². The van der Waals surface area contributed by atoms with Gasteiger partial charge in [-0.05, 0) is 28.7 Å². The summed E-state index contributed by atoms with van der Waals surface area (Å²) >= 11 is 1.52. The van der Waals surface area contributed by atoms with Crippen molar-refractivity contribution in [2.45, 2.75) is 0 Å². The molecule has 1 rings (SSSR count). The lowest BCUT2D eigenvalue weighted by molar-refractivity contribution is 0.574. The van der Waals surface area contributed by atoms with Crippen molar-refractivity contribution in [2.75, 3.05) is 0 Å². The number of hydrogen-bond donors (Lipinski definition) is 0. The Morgan fingerprint density at radius 1 is 1.36 bits per heavy atom. The van der Waals surface area contributed by atoms with Crippen molar-refractivity contribution in [1.82, 2.24) is 0 Å². The maximum absolute atomic E-state index is 12.8. The average Bonchev–Trinajstić information content (AvgIpc) is 2.01. The molecule has 0 bridgehead atoms. The quantitative estimate of drug-likeness (QED) is 0.385. The second-order valence-corrected chi connectivity index (χ2v) is 2.89. The van der Waals surface area contributed by atoms with E-state index >= 15 is 0 Å². The van der Waals surface area contributed by atoms with Crippen molar-refractivity contribution in [3.63, 3.8) is 0 Å². The second-order valence-electron chi connectivity index (χ2n) is 1.81. The zero-order valence-electron chi connectivity index (χ0n) is 5.24. The van der Waals surface area contributed by atoms with Crippen LogP contribution < -0.4 is 0 Å². The van der Waals surface area contributed by atoms with E-state index in [2.05, 4.69) is 4.85 Å². The molecule has 0 saturated heterocycles. The Hall–Kier alpha value is -0.700. The third kappa shape index (κ3) is 1.48. The Bertz CT molecular complexity index is 330. The van der Waals surface area contributed by atoms with Crippen molar-refractivity contribution in [1.29, 1.82) is 0 Å². The maximum Gasteiger partial charge on any atom is 0.223 e. The van der Waals surface area contributed by atoms with E-state index < -0.39 is 11.6 Å². The molecule has 4 heteroatoms. The van der Waals surface area contributed by atoms with Gasteiger partial charge in [0.05, 0.1) is 10.1 Å². The summed E-state index contributed by atoms with van der Waals surface area (Å²) in [6.07, 6.45) is 0. The van der Waals surface area contributed by atoms with Gasteiger partial charge in [0.15, 0.2) is 0 Å². The summed E-state index contributed by atoms with van der Waals surface area (Å²) < 4.78 is 25.2. The SMILES string of the molecule is [C-]#[N+]c1ccc(F)c(I)c1F. The summed E-state index contributed by atoms with van der Waals surface area (Å²) in [4.78, 5) is 2.88. The Kier molecular flexibility index (Phi) is 2.39. The molecule has 1 aromatic rings. The van der Waals surface area contributed by atoms with Gasteiger partial charge in [-0.25, -0.2) is 13.6 Å². The first-order chi connectivity index (χ1) is 5.16. The fourth-order valence-corrected chi connectivity index (χ4v) is 1.06. The first-order valence-electron chi connectivity index (χ1n) is 2.67. The molecule has 0 amide bonds. The summed E-state index contributed by atoms with van der Waals surface area (Å²) in [7, 11) is 0. The highest BCUT2D eigenvalue weighted by molar-refractivity contribution is 14.1. The number of halogens is 3.